The van der Waals surface area contributed by atoms with E-state index in [2.05, 4.69) is 64.1 Å². The van der Waals surface area contributed by atoms with Crippen molar-refractivity contribution in [3.8, 4) is 0 Å². The Balaban J connectivity index is 0.00000264. The van der Waals surface area contributed by atoms with Gasteiger partial charge in [-0.2, -0.15) is 0 Å². The van der Waals surface area contributed by atoms with Gasteiger partial charge in [0.05, 0.1) is 0 Å². The maximum absolute atomic E-state index is 4.24. The van der Waals surface area contributed by atoms with Crippen molar-refractivity contribution in [2.45, 2.75) is 26.7 Å². The van der Waals surface area contributed by atoms with Crippen LogP contribution in [-0.2, 0) is 6.42 Å². The summed E-state index contributed by atoms with van der Waals surface area (Å²) in [4.78, 5) is 7.59. The number of rotatable bonds is 6. The molecule has 2 rings (SSSR count). The van der Waals surface area contributed by atoms with E-state index in [4.69, 9.17) is 0 Å². The first-order valence-corrected chi connectivity index (χ1v) is 7.87. The molecule has 0 bridgehead atoms. The average Bonchev–Trinajstić information content (AvgIpc) is 2.92. The number of aliphatic imine (C=N–C) groups is 1. The largest absolute Gasteiger partial charge is 0.361 e. The third-order valence-electron chi connectivity index (χ3n) is 3.67. The van der Waals surface area contributed by atoms with E-state index in [9.17, 15) is 0 Å². The molecule has 3 N–H and O–H groups in total. The molecule has 4 nitrogen and oxygen atoms in total. The van der Waals surface area contributed by atoms with Crippen molar-refractivity contribution >= 4 is 40.8 Å². The molecule has 0 aliphatic rings. The number of H-pyrrole nitrogens is 1. The number of fused-ring (bicyclic) bond motifs is 1. The summed E-state index contributed by atoms with van der Waals surface area (Å²) >= 11 is 0. The number of nitrogens with zero attached hydrogens (tertiary/aromatic N) is 1. The zero-order chi connectivity index (χ0) is 15.8. The van der Waals surface area contributed by atoms with Crippen LogP contribution in [-0.4, -0.2) is 31.1 Å². The minimum atomic E-state index is 0. The van der Waals surface area contributed by atoms with Gasteiger partial charge in [0.15, 0.2) is 5.96 Å². The summed E-state index contributed by atoms with van der Waals surface area (Å²) in [5.41, 5.74) is 3.83. The van der Waals surface area contributed by atoms with Gasteiger partial charge >= 0.3 is 0 Å². The van der Waals surface area contributed by atoms with E-state index in [1.54, 1.807) is 7.05 Å². The van der Waals surface area contributed by atoms with E-state index in [1.165, 1.54) is 22.0 Å². The maximum Gasteiger partial charge on any atom is 0.190 e. The lowest BCUT2D eigenvalue weighted by Gasteiger charge is -2.10. The fourth-order valence-electron chi connectivity index (χ4n) is 2.48. The molecule has 0 aliphatic heterocycles. The zero-order valence-corrected chi connectivity index (χ0v) is 16.5. The fraction of sp³-hybridized carbons (Fsp3) is 0.389. The molecule has 0 radical (unpaired) electrons. The van der Waals surface area contributed by atoms with Crippen LogP contribution < -0.4 is 10.6 Å². The highest BCUT2D eigenvalue weighted by Gasteiger charge is 2.04. The molecule has 0 spiro atoms. The van der Waals surface area contributed by atoms with E-state index in [0.717, 1.165) is 31.9 Å². The number of aromatic amines is 1. The summed E-state index contributed by atoms with van der Waals surface area (Å²) in [6.45, 7) is 5.92. The Morgan fingerprint density at radius 3 is 2.78 bits per heavy atom. The number of guanidine groups is 1. The lowest BCUT2D eigenvalue weighted by atomic mass is 10.1. The van der Waals surface area contributed by atoms with Crippen LogP contribution in [0.1, 0.15) is 24.5 Å². The highest BCUT2D eigenvalue weighted by atomic mass is 127. The molecule has 0 saturated heterocycles. The zero-order valence-electron chi connectivity index (χ0n) is 14.1. The van der Waals surface area contributed by atoms with Gasteiger partial charge in [0.1, 0.15) is 0 Å². The summed E-state index contributed by atoms with van der Waals surface area (Å²) < 4.78 is 0. The smallest absolute Gasteiger partial charge is 0.190 e. The molecule has 1 heterocycles. The van der Waals surface area contributed by atoms with Crippen molar-refractivity contribution < 1.29 is 0 Å². The molecular weight excluding hydrogens is 399 g/mol. The highest BCUT2D eigenvalue weighted by Crippen LogP contribution is 2.19. The highest BCUT2D eigenvalue weighted by molar-refractivity contribution is 14.0. The first kappa shape index (κ1) is 19.5. The SMILES string of the molecule is CC=CCCNC(=NC)NCCc1c[nH]c2cc(C)ccc12.I. The summed E-state index contributed by atoms with van der Waals surface area (Å²) in [5, 5.41) is 7.98. The number of aryl methyl sites for hydroxylation is 1. The fourth-order valence-corrected chi connectivity index (χ4v) is 2.48. The van der Waals surface area contributed by atoms with Crippen molar-refractivity contribution in [2.24, 2.45) is 4.99 Å². The van der Waals surface area contributed by atoms with Crippen LogP contribution in [0.3, 0.4) is 0 Å². The van der Waals surface area contributed by atoms with Crippen molar-refractivity contribution in [3.05, 3.63) is 47.7 Å². The van der Waals surface area contributed by atoms with E-state index in [0.29, 0.717) is 0 Å². The van der Waals surface area contributed by atoms with Gasteiger partial charge in [0.2, 0.25) is 0 Å². The van der Waals surface area contributed by atoms with Gasteiger partial charge in [0.25, 0.3) is 0 Å². The van der Waals surface area contributed by atoms with E-state index < -0.39 is 0 Å². The predicted octanol–water partition coefficient (Wildman–Crippen LogP) is 3.77. The minimum Gasteiger partial charge on any atom is -0.361 e. The third kappa shape index (κ3) is 5.89. The van der Waals surface area contributed by atoms with Gasteiger partial charge in [-0.05, 0) is 43.9 Å². The monoisotopic (exact) mass is 426 g/mol. The van der Waals surface area contributed by atoms with E-state index in [-0.39, 0.29) is 24.0 Å². The number of halogens is 1. The Labute approximate surface area is 155 Å². The van der Waals surface area contributed by atoms with Gasteiger partial charge in [-0.25, -0.2) is 0 Å². The molecule has 0 unspecified atom stereocenters. The van der Waals surface area contributed by atoms with Crippen LogP contribution in [0, 0.1) is 6.92 Å². The molecule has 0 aliphatic carbocycles. The van der Waals surface area contributed by atoms with E-state index >= 15 is 0 Å². The van der Waals surface area contributed by atoms with Gasteiger partial charge in [-0.1, -0.05) is 24.3 Å². The Kier molecular flexibility index (Phi) is 8.76. The summed E-state index contributed by atoms with van der Waals surface area (Å²) in [6, 6.07) is 6.55. The second-order valence-electron chi connectivity index (χ2n) is 5.40. The van der Waals surface area contributed by atoms with Crippen LogP contribution in [0.5, 0.6) is 0 Å². The number of hydrogen-bond acceptors (Lipinski definition) is 1. The molecule has 1 aromatic heterocycles. The van der Waals surface area contributed by atoms with Crippen LogP contribution >= 0.6 is 24.0 Å². The predicted molar refractivity (Wildman–Crippen MR) is 111 cm³/mol. The topological polar surface area (TPSA) is 52.2 Å². The van der Waals surface area contributed by atoms with Crippen LogP contribution in [0.25, 0.3) is 10.9 Å². The first-order valence-electron chi connectivity index (χ1n) is 7.87. The second-order valence-corrected chi connectivity index (χ2v) is 5.40. The number of nitrogens with one attached hydrogen (secondary N) is 3. The lowest BCUT2D eigenvalue weighted by molar-refractivity contribution is 0.793. The maximum atomic E-state index is 4.24. The molecule has 1 aromatic carbocycles. The number of benzene rings is 1. The van der Waals surface area contributed by atoms with Crippen molar-refractivity contribution in [1.29, 1.82) is 0 Å². The number of hydrogen-bond donors (Lipinski definition) is 3. The third-order valence-corrected chi connectivity index (χ3v) is 3.67. The Hall–Kier alpha value is -1.50. The molecule has 0 fully saturated rings. The molecule has 2 aromatic rings. The van der Waals surface area contributed by atoms with Gasteiger partial charge in [-0.3, -0.25) is 4.99 Å². The van der Waals surface area contributed by atoms with Crippen molar-refractivity contribution in [2.75, 3.05) is 20.1 Å². The van der Waals surface area contributed by atoms with Crippen LogP contribution in [0.2, 0.25) is 0 Å². The number of aromatic nitrogens is 1. The van der Waals surface area contributed by atoms with E-state index in [1.807, 2.05) is 6.92 Å². The lowest BCUT2D eigenvalue weighted by Crippen LogP contribution is -2.38. The number of allylic oxidation sites excluding steroid dienone is 1. The normalized spacial score (nSPS) is 11.7. The minimum absolute atomic E-state index is 0. The Morgan fingerprint density at radius 1 is 1.26 bits per heavy atom. The van der Waals surface area contributed by atoms with Crippen LogP contribution in [0.15, 0.2) is 41.5 Å². The molecule has 0 saturated carbocycles. The summed E-state index contributed by atoms with van der Waals surface area (Å²) in [5.74, 6) is 0.861. The van der Waals surface area contributed by atoms with Gasteiger partial charge < -0.3 is 15.6 Å². The molecule has 0 atom stereocenters. The Bertz CT molecular complexity index is 658. The summed E-state index contributed by atoms with van der Waals surface area (Å²) in [7, 11) is 1.81. The molecular formula is C18H27IN4. The summed E-state index contributed by atoms with van der Waals surface area (Å²) in [6.07, 6.45) is 8.30. The Morgan fingerprint density at radius 2 is 2.04 bits per heavy atom. The van der Waals surface area contributed by atoms with Crippen LogP contribution in [0.4, 0.5) is 0 Å². The second kappa shape index (κ2) is 10.3. The van der Waals surface area contributed by atoms with Gasteiger partial charge in [0, 0.05) is 37.2 Å². The standard InChI is InChI=1S/C18H26N4.HI/c1-4-5-6-10-20-18(19-3)21-11-9-15-13-22-17-12-14(2)7-8-16(15)17;/h4-5,7-8,12-13,22H,6,9-11H2,1-3H3,(H2,19,20,21);1H. The molecule has 126 valence electrons. The van der Waals surface area contributed by atoms with Crippen molar-refractivity contribution in [1.82, 2.24) is 15.6 Å². The molecule has 5 heteroatoms. The quantitative estimate of drug-likeness (QED) is 0.217. The first-order chi connectivity index (χ1) is 10.7. The molecule has 23 heavy (non-hydrogen) atoms. The van der Waals surface area contributed by atoms with Crippen molar-refractivity contribution in [3.63, 3.8) is 0 Å². The van der Waals surface area contributed by atoms with Gasteiger partial charge in [-0.15, -0.1) is 24.0 Å². The average molecular weight is 426 g/mol. The molecule has 0 amide bonds.